The first-order chi connectivity index (χ1) is 7.69. The van der Waals surface area contributed by atoms with Gasteiger partial charge < -0.3 is 15.1 Å². The number of oxime groups is 1. The summed E-state index contributed by atoms with van der Waals surface area (Å²) in [6.45, 7) is 0. The Balaban J connectivity index is 2.15. The lowest BCUT2D eigenvalue weighted by Crippen LogP contribution is -2.37. The molecule has 2 N–H and O–H groups in total. The van der Waals surface area contributed by atoms with E-state index in [0.717, 1.165) is 0 Å². The zero-order valence-electron chi connectivity index (χ0n) is 8.25. The van der Waals surface area contributed by atoms with E-state index in [-0.39, 0.29) is 5.92 Å². The molecule has 1 saturated carbocycles. The summed E-state index contributed by atoms with van der Waals surface area (Å²) in [5.74, 6) is -0.885. The van der Waals surface area contributed by atoms with E-state index in [4.69, 9.17) is 15.1 Å². The predicted molar refractivity (Wildman–Crippen MR) is 53.9 cm³/mol. The highest BCUT2D eigenvalue weighted by Crippen LogP contribution is 2.54. The molecule has 0 saturated heterocycles. The summed E-state index contributed by atoms with van der Waals surface area (Å²) in [5, 5.41) is 21.3. The van der Waals surface area contributed by atoms with Gasteiger partial charge in [-0.25, -0.2) is 4.79 Å². The van der Waals surface area contributed by atoms with Crippen LogP contribution in [0.2, 0.25) is 0 Å². The maximum atomic E-state index is 11.1. The number of nitrogens with zero attached hydrogens (tertiary/aromatic N) is 1. The van der Waals surface area contributed by atoms with Gasteiger partial charge in [0.1, 0.15) is 5.75 Å². The average Bonchev–Trinajstić information content (AvgIpc) is 3.00. The maximum absolute atomic E-state index is 11.1. The molecule has 2 atom stereocenters. The molecular weight excluding hydrogens is 210 g/mol. The van der Waals surface area contributed by atoms with Crippen molar-refractivity contribution in [3.8, 4) is 5.75 Å². The molecule has 5 heteroatoms. The molecule has 0 radical (unpaired) electrons. The number of carboxylic acids is 1. The fourth-order valence-corrected chi connectivity index (χ4v) is 2.23. The summed E-state index contributed by atoms with van der Waals surface area (Å²) in [5.41, 5.74) is -0.135. The molecule has 0 bridgehead atoms. The Kier molecular flexibility index (Phi) is 1.58. The van der Waals surface area contributed by atoms with Crippen LogP contribution in [0.3, 0.4) is 0 Å². The minimum Gasteiger partial charge on any atom is -0.478 e. The Morgan fingerprint density at radius 2 is 2.25 bits per heavy atom. The van der Waals surface area contributed by atoms with E-state index < -0.39 is 11.6 Å². The first-order valence-corrected chi connectivity index (χ1v) is 4.93. The molecule has 16 heavy (non-hydrogen) atoms. The number of rotatable bonds is 1. The van der Waals surface area contributed by atoms with Crippen LogP contribution in [0, 0.1) is 5.92 Å². The highest BCUT2D eigenvalue weighted by atomic mass is 16.5. The highest BCUT2D eigenvalue weighted by Gasteiger charge is 2.68. The van der Waals surface area contributed by atoms with Gasteiger partial charge in [-0.3, -0.25) is 0 Å². The molecule has 0 spiro atoms. The fourth-order valence-electron chi connectivity index (χ4n) is 2.23. The van der Waals surface area contributed by atoms with Crippen molar-refractivity contribution in [2.24, 2.45) is 11.1 Å². The molecular formula is C11H9NO4. The Morgan fingerprint density at radius 1 is 1.50 bits per heavy atom. The van der Waals surface area contributed by atoms with Crippen LogP contribution < -0.4 is 4.74 Å². The number of carbonyl (C=O) groups is 1. The minimum atomic E-state index is -1.21. The lowest BCUT2D eigenvalue weighted by molar-refractivity contribution is -0.147. The first kappa shape index (κ1) is 9.21. The molecule has 1 fully saturated rings. The van der Waals surface area contributed by atoms with E-state index in [2.05, 4.69) is 5.16 Å². The molecule has 2 aliphatic rings. The fraction of sp³-hybridized carbons (Fsp3) is 0.273. The Labute approximate surface area is 91.0 Å². The third-order valence-electron chi connectivity index (χ3n) is 3.17. The van der Waals surface area contributed by atoms with E-state index in [1.54, 1.807) is 24.3 Å². The molecule has 0 aromatic heterocycles. The molecule has 5 nitrogen and oxygen atoms in total. The summed E-state index contributed by atoms with van der Waals surface area (Å²) in [6, 6.07) is 6.99. The number of benzene rings is 1. The Bertz CT molecular complexity index is 510. The maximum Gasteiger partial charge on any atom is 0.348 e. The van der Waals surface area contributed by atoms with Gasteiger partial charge in [0, 0.05) is 12.0 Å². The van der Waals surface area contributed by atoms with Gasteiger partial charge in [-0.15, -0.1) is 0 Å². The molecule has 1 aliphatic carbocycles. The van der Waals surface area contributed by atoms with Gasteiger partial charge in [0.05, 0.1) is 11.6 Å². The van der Waals surface area contributed by atoms with E-state index >= 15 is 0 Å². The van der Waals surface area contributed by atoms with Gasteiger partial charge in [0.25, 0.3) is 0 Å². The monoisotopic (exact) mass is 219 g/mol. The van der Waals surface area contributed by atoms with Crippen molar-refractivity contribution in [3.63, 3.8) is 0 Å². The van der Waals surface area contributed by atoms with Crippen LogP contribution in [0.25, 0.3) is 0 Å². The van der Waals surface area contributed by atoms with Crippen molar-refractivity contribution in [1.29, 1.82) is 0 Å². The molecule has 1 heterocycles. The van der Waals surface area contributed by atoms with Gasteiger partial charge in [-0.05, 0) is 12.1 Å². The normalized spacial score (nSPS) is 32.5. The molecule has 0 amide bonds. The van der Waals surface area contributed by atoms with Gasteiger partial charge in [0.2, 0.25) is 5.60 Å². The third-order valence-corrected chi connectivity index (χ3v) is 3.17. The molecule has 1 aliphatic heterocycles. The minimum absolute atomic E-state index is 0.343. The van der Waals surface area contributed by atoms with E-state index in [1.807, 2.05) is 0 Å². The quantitative estimate of drug-likeness (QED) is 0.547. The van der Waals surface area contributed by atoms with Crippen molar-refractivity contribution in [2.75, 3.05) is 0 Å². The Morgan fingerprint density at radius 3 is 2.94 bits per heavy atom. The second-order valence-corrected chi connectivity index (χ2v) is 4.03. The van der Waals surface area contributed by atoms with Gasteiger partial charge in [-0.2, -0.15) is 0 Å². The van der Waals surface area contributed by atoms with E-state index in [1.165, 1.54) is 0 Å². The summed E-state index contributed by atoms with van der Waals surface area (Å²) in [6.07, 6.45) is 0.358. The van der Waals surface area contributed by atoms with Crippen molar-refractivity contribution < 1.29 is 19.8 Å². The van der Waals surface area contributed by atoms with Crippen LogP contribution in [-0.4, -0.2) is 27.6 Å². The van der Waals surface area contributed by atoms with Crippen LogP contribution in [-0.2, 0) is 4.79 Å². The largest absolute Gasteiger partial charge is 0.478 e. The molecule has 1 aromatic rings. The number of para-hydroxylation sites is 1. The highest BCUT2D eigenvalue weighted by molar-refractivity contribution is 6.11. The lowest BCUT2D eigenvalue weighted by Gasteiger charge is -2.23. The van der Waals surface area contributed by atoms with Crippen molar-refractivity contribution in [1.82, 2.24) is 0 Å². The van der Waals surface area contributed by atoms with Gasteiger partial charge in [0.15, 0.2) is 0 Å². The summed E-state index contributed by atoms with van der Waals surface area (Å²) in [7, 11) is 0. The number of fused-ring (bicyclic) bond motifs is 2. The first-order valence-electron chi connectivity index (χ1n) is 4.93. The predicted octanol–water partition coefficient (Wildman–Crippen LogP) is 1.10. The van der Waals surface area contributed by atoms with Crippen LogP contribution >= 0.6 is 0 Å². The zero-order chi connectivity index (χ0) is 11.3. The average molecular weight is 219 g/mol. The van der Waals surface area contributed by atoms with Crippen LogP contribution in [0.15, 0.2) is 29.4 Å². The zero-order valence-corrected chi connectivity index (χ0v) is 8.25. The SMILES string of the molecule is O=C(O)[C@]12C[C@H]1/C(=N\O)c1ccccc1O2. The van der Waals surface area contributed by atoms with Crippen molar-refractivity contribution in [3.05, 3.63) is 29.8 Å². The second-order valence-electron chi connectivity index (χ2n) is 4.03. The molecule has 0 unspecified atom stereocenters. The summed E-state index contributed by atoms with van der Waals surface area (Å²) >= 11 is 0. The third kappa shape index (κ3) is 0.946. The smallest absolute Gasteiger partial charge is 0.348 e. The van der Waals surface area contributed by atoms with Crippen molar-refractivity contribution in [2.45, 2.75) is 12.0 Å². The number of ether oxygens (including phenoxy) is 1. The number of carboxylic acid groups (broad SMARTS) is 1. The van der Waals surface area contributed by atoms with Gasteiger partial charge >= 0.3 is 5.97 Å². The molecule has 82 valence electrons. The van der Waals surface area contributed by atoms with Gasteiger partial charge in [-0.1, -0.05) is 17.3 Å². The van der Waals surface area contributed by atoms with Crippen LogP contribution in [0.1, 0.15) is 12.0 Å². The standard InChI is InChI=1S/C11H9NO4/c13-10(14)11-5-7(11)9(12-15)6-3-1-2-4-8(6)16-11/h1-4,7,15H,5H2,(H,13,14)/b12-9-/t7-,11-/m0/s1. The summed E-state index contributed by atoms with van der Waals surface area (Å²) in [4.78, 5) is 11.1. The Hall–Kier alpha value is -2.04. The number of hydrogen-bond donors (Lipinski definition) is 2. The number of aliphatic carboxylic acids is 1. The van der Waals surface area contributed by atoms with Crippen LogP contribution in [0.4, 0.5) is 0 Å². The van der Waals surface area contributed by atoms with Crippen LogP contribution in [0.5, 0.6) is 5.75 Å². The summed E-state index contributed by atoms with van der Waals surface area (Å²) < 4.78 is 5.50. The number of hydrogen-bond acceptors (Lipinski definition) is 4. The molecule has 1 aromatic carbocycles. The van der Waals surface area contributed by atoms with Crippen molar-refractivity contribution >= 4 is 11.7 Å². The lowest BCUT2D eigenvalue weighted by atomic mass is 10.00. The topological polar surface area (TPSA) is 79.1 Å². The van der Waals surface area contributed by atoms with E-state index in [0.29, 0.717) is 23.4 Å². The van der Waals surface area contributed by atoms with E-state index in [9.17, 15) is 4.79 Å². The molecule has 3 rings (SSSR count). The second kappa shape index (κ2) is 2.75.